The van der Waals surface area contributed by atoms with Gasteiger partial charge in [0.05, 0.1) is 0 Å². The fourth-order valence-corrected chi connectivity index (χ4v) is 6.42. The summed E-state index contributed by atoms with van der Waals surface area (Å²) in [6.07, 6.45) is 0. The van der Waals surface area contributed by atoms with Crippen LogP contribution in [0.25, 0.3) is 0 Å². The van der Waals surface area contributed by atoms with Crippen LogP contribution < -0.4 is 0 Å². The Hall–Kier alpha value is 1.06. The van der Waals surface area contributed by atoms with Gasteiger partial charge in [-0.25, -0.2) is 0 Å². The molecule has 0 atom stereocenters. The van der Waals surface area contributed by atoms with Crippen molar-refractivity contribution in [2.45, 2.75) is 31.1 Å². The normalized spacial score (nSPS) is 10.9. The van der Waals surface area contributed by atoms with E-state index in [0.717, 1.165) is 21.3 Å². The lowest BCUT2D eigenvalue weighted by atomic mass is 10.2. The molecule has 2 aromatic rings. The number of benzene rings is 2. The first kappa shape index (κ1) is 19.4. The average Bonchev–Trinajstić information content (AvgIpc) is 2.59. The highest BCUT2D eigenvalue weighted by atomic mass is 79.9. The number of hydrogen-bond acceptors (Lipinski definition) is 2. The highest BCUT2D eigenvalue weighted by Crippen LogP contribution is 2.42. The van der Waals surface area contributed by atoms with Crippen LogP contribution in [0.4, 0.5) is 0 Å². The van der Waals surface area contributed by atoms with Crippen LogP contribution in [0.15, 0.2) is 46.2 Å². The Morgan fingerprint density at radius 2 is 1.00 bits per heavy atom. The van der Waals surface area contributed by atoms with Crippen LogP contribution in [-0.2, 0) is 21.3 Å². The van der Waals surface area contributed by atoms with Crippen molar-refractivity contribution >= 4 is 85.3 Å². The van der Waals surface area contributed by atoms with Gasteiger partial charge in [-0.05, 0) is 34.4 Å². The molecule has 0 amide bonds. The SMILES string of the molecule is BrCc1ccc(CBr)c(SSc2cc(CBr)ccc2CBr)c1. The van der Waals surface area contributed by atoms with Gasteiger partial charge >= 0.3 is 0 Å². The molecule has 0 nitrogen and oxygen atoms in total. The summed E-state index contributed by atoms with van der Waals surface area (Å²) < 4.78 is 0. The Bertz CT molecular complexity index is 576. The van der Waals surface area contributed by atoms with Gasteiger partial charge in [0.2, 0.25) is 0 Å². The van der Waals surface area contributed by atoms with E-state index >= 15 is 0 Å². The van der Waals surface area contributed by atoms with Crippen LogP contribution in [0.5, 0.6) is 0 Å². The molecule has 0 N–H and O–H groups in total. The minimum atomic E-state index is 0.880. The fourth-order valence-electron chi connectivity index (χ4n) is 1.83. The van der Waals surface area contributed by atoms with Crippen LogP contribution >= 0.6 is 85.3 Å². The molecule has 0 aliphatic rings. The Morgan fingerprint density at radius 3 is 1.32 bits per heavy atom. The quantitative estimate of drug-likeness (QED) is 0.237. The minimum Gasteiger partial charge on any atom is -0.0876 e. The molecule has 0 unspecified atom stereocenters. The molecule has 0 heterocycles. The van der Waals surface area contributed by atoms with Crippen LogP contribution in [0.3, 0.4) is 0 Å². The predicted molar refractivity (Wildman–Crippen MR) is 115 cm³/mol. The number of hydrogen-bond donors (Lipinski definition) is 0. The van der Waals surface area contributed by atoms with E-state index in [2.05, 4.69) is 100 Å². The van der Waals surface area contributed by atoms with E-state index in [4.69, 9.17) is 0 Å². The predicted octanol–water partition coefficient (Wildman–Crippen LogP) is 8.07. The first-order valence-electron chi connectivity index (χ1n) is 6.53. The number of rotatable bonds is 7. The summed E-state index contributed by atoms with van der Waals surface area (Å²) in [6, 6.07) is 13.3. The third-order valence-corrected chi connectivity index (χ3v) is 8.11. The average molecular weight is 590 g/mol. The van der Waals surface area contributed by atoms with E-state index in [1.807, 2.05) is 21.6 Å². The van der Waals surface area contributed by atoms with Crippen molar-refractivity contribution in [2.75, 3.05) is 0 Å². The molecule has 0 radical (unpaired) electrons. The summed E-state index contributed by atoms with van der Waals surface area (Å²) in [5, 5.41) is 3.54. The maximum atomic E-state index is 3.58. The highest BCUT2D eigenvalue weighted by Gasteiger charge is 2.08. The molecule has 6 heteroatoms. The van der Waals surface area contributed by atoms with Crippen molar-refractivity contribution in [1.29, 1.82) is 0 Å². The molecule has 0 fully saturated rings. The molecular formula is C16H14Br4S2. The van der Waals surface area contributed by atoms with E-state index in [0.29, 0.717) is 0 Å². The number of halogens is 4. The maximum absolute atomic E-state index is 3.58. The van der Waals surface area contributed by atoms with Crippen molar-refractivity contribution in [3.05, 3.63) is 58.7 Å². The molecule has 0 spiro atoms. The smallest absolute Gasteiger partial charge is 0.0294 e. The van der Waals surface area contributed by atoms with Gasteiger partial charge in [0.15, 0.2) is 0 Å². The third kappa shape index (κ3) is 5.28. The highest BCUT2D eigenvalue weighted by molar-refractivity contribution is 9.09. The largest absolute Gasteiger partial charge is 0.0876 e. The van der Waals surface area contributed by atoms with E-state index in [1.165, 1.54) is 32.0 Å². The molecule has 118 valence electrons. The second-order valence-corrected chi connectivity index (χ2v) is 9.04. The van der Waals surface area contributed by atoms with Gasteiger partial charge in [0, 0.05) is 31.1 Å². The standard InChI is InChI=1S/C16H14Br4S2/c17-7-11-1-3-13(9-19)15(5-11)21-22-16-6-12(8-18)2-4-14(16)10-20/h1-6H,7-10H2. The fraction of sp³-hybridized carbons (Fsp3) is 0.250. The van der Waals surface area contributed by atoms with Crippen molar-refractivity contribution in [2.24, 2.45) is 0 Å². The Morgan fingerprint density at radius 1 is 0.591 bits per heavy atom. The summed E-state index contributed by atoms with van der Waals surface area (Å²) in [5.41, 5.74) is 5.28. The minimum absolute atomic E-state index is 0.880. The Balaban J connectivity index is 2.22. The van der Waals surface area contributed by atoms with Gasteiger partial charge in [-0.2, -0.15) is 0 Å². The lowest BCUT2D eigenvalue weighted by Gasteiger charge is -2.11. The molecular weight excluding hydrogens is 576 g/mol. The first-order chi connectivity index (χ1) is 10.7. The molecule has 0 aliphatic carbocycles. The lowest BCUT2D eigenvalue weighted by Crippen LogP contribution is -1.88. The summed E-state index contributed by atoms with van der Waals surface area (Å²) in [7, 11) is 3.67. The molecule has 22 heavy (non-hydrogen) atoms. The third-order valence-electron chi connectivity index (χ3n) is 3.08. The van der Waals surface area contributed by atoms with Crippen molar-refractivity contribution in [1.82, 2.24) is 0 Å². The van der Waals surface area contributed by atoms with Gasteiger partial charge in [-0.15, -0.1) is 0 Å². The van der Waals surface area contributed by atoms with Crippen LogP contribution in [0.2, 0.25) is 0 Å². The van der Waals surface area contributed by atoms with Crippen LogP contribution in [0, 0.1) is 0 Å². The molecule has 0 bridgehead atoms. The Labute approximate surface area is 173 Å². The van der Waals surface area contributed by atoms with E-state index in [-0.39, 0.29) is 0 Å². The molecule has 2 aromatic carbocycles. The van der Waals surface area contributed by atoms with E-state index in [9.17, 15) is 0 Å². The summed E-state index contributed by atoms with van der Waals surface area (Å²) in [4.78, 5) is 2.65. The molecule has 0 aliphatic heterocycles. The van der Waals surface area contributed by atoms with Crippen LogP contribution in [0.1, 0.15) is 22.3 Å². The van der Waals surface area contributed by atoms with Gasteiger partial charge in [-0.1, -0.05) is 110 Å². The van der Waals surface area contributed by atoms with Gasteiger partial charge in [-0.3, -0.25) is 0 Å². The molecule has 2 rings (SSSR count). The van der Waals surface area contributed by atoms with Gasteiger partial charge in [0.25, 0.3) is 0 Å². The number of alkyl halides is 4. The molecule has 0 saturated carbocycles. The monoisotopic (exact) mass is 586 g/mol. The lowest BCUT2D eigenvalue weighted by molar-refractivity contribution is 1.24. The van der Waals surface area contributed by atoms with Crippen LogP contribution in [-0.4, -0.2) is 0 Å². The van der Waals surface area contributed by atoms with Crippen molar-refractivity contribution in [3.8, 4) is 0 Å². The molecule has 0 saturated heterocycles. The second-order valence-electron chi connectivity index (χ2n) is 4.59. The van der Waals surface area contributed by atoms with E-state index in [1.54, 1.807) is 0 Å². The molecule has 0 aromatic heterocycles. The maximum Gasteiger partial charge on any atom is 0.0294 e. The van der Waals surface area contributed by atoms with Crippen molar-refractivity contribution in [3.63, 3.8) is 0 Å². The van der Waals surface area contributed by atoms with Crippen molar-refractivity contribution < 1.29 is 0 Å². The summed E-state index contributed by atoms with van der Waals surface area (Å²) in [6.45, 7) is 0. The summed E-state index contributed by atoms with van der Waals surface area (Å²) >= 11 is 14.2. The zero-order valence-electron chi connectivity index (χ0n) is 11.6. The zero-order valence-corrected chi connectivity index (χ0v) is 19.6. The zero-order chi connectivity index (χ0) is 15.9. The van der Waals surface area contributed by atoms with Gasteiger partial charge < -0.3 is 0 Å². The Kier molecular flexibility index (Phi) is 8.94. The van der Waals surface area contributed by atoms with E-state index < -0.39 is 0 Å². The topological polar surface area (TPSA) is 0 Å². The summed E-state index contributed by atoms with van der Waals surface area (Å²) in [5.74, 6) is 0. The van der Waals surface area contributed by atoms with Gasteiger partial charge in [0.1, 0.15) is 0 Å². The second kappa shape index (κ2) is 10.1. The first-order valence-corrected chi connectivity index (χ1v) is 13.2.